The van der Waals surface area contributed by atoms with E-state index in [0.717, 1.165) is 11.2 Å². The lowest BCUT2D eigenvalue weighted by Gasteiger charge is -2.29. The van der Waals surface area contributed by atoms with Crippen LogP contribution in [0.3, 0.4) is 0 Å². The molecule has 3 heteroatoms. The number of nitrogens with zero attached hydrogens (tertiary/aromatic N) is 1. The van der Waals surface area contributed by atoms with Crippen molar-refractivity contribution in [3.63, 3.8) is 0 Å². The van der Waals surface area contributed by atoms with E-state index in [9.17, 15) is 0 Å². The van der Waals surface area contributed by atoms with Crippen LogP contribution in [-0.2, 0) is 0 Å². The molecule has 0 aliphatic carbocycles. The van der Waals surface area contributed by atoms with Gasteiger partial charge in [-0.1, -0.05) is 20.3 Å². The lowest BCUT2D eigenvalue weighted by atomic mass is 9.99. The summed E-state index contributed by atoms with van der Waals surface area (Å²) in [6.07, 6.45) is 5.51. The maximum absolute atomic E-state index is 3.74. The Morgan fingerprint density at radius 2 is 2.29 bits per heavy atom. The second kappa shape index (κ2) is 7.01. The number of nitrogens with one attached hydrogen (secondary N) is 1. The van der Waals surface area contributed by atoms with Gasteiger partial charge in [0.05, 0.1) is 0 Å². The van der Waals surface area contributed by atoms with E-state index >= 15 is 0 Å². The predicted octanol–water partition coefficient (Wildman–Crippen LogP) is 2.59. The van der Waals surface area contributed by atoms with Gasteiger partial charge in [-0.3, -0.25) is 0 Å². The molecule has 2 saturated heterocycles. The van der Waals surface area contributed by atoms with Crippen LogP contribution >= 0.6 is 11.8 Å². The van der Waals surface area contributed by atoms with Gasteiger partial charge in [0.1, 0.15) is 0 Å². The number of hydrogen-bond donors (Lipinski definition) is 1. The molecule has 2 fully saturated rings. The molecule has 0 aromatic heterocycles. The van der Waals surface area contributed by atoms with Crippen LogP contribution in [0.4, 0.5) is 0 Å². The molecule has 0 aromatic carbocycles. The fraction of sp³-hybridized carbons (Fsp3) is 1.00. The van der Waals surface area contributed by atoms with E-state index in [2.05, 4.69) is 35.8 Å². The van der Waals surface area contributed by atoms with Gasteiger partial charge in [0.15, 0.2) is 0 Å². The summed E-state index contributed by atoms with van der Waals surface area (Å²) < 4.78 is 0. The van der Waals surface area contributed by atoms with Crippen molar-refractivity contribution < 1.29 is 0 Å². The summed E-state index contributed by atoms with van der Waals surface area (Å²) in [5, 5.41) is 4.66. The minimum Gasteiger partial charge on any atom is -0.312 e. The van der Waals surface area contributed by atoms with Crippen molar-refractivity contribution in [2.24, 2.45) is 5.92 Å². The largest absolute Gasteiger partial charge is 0.312 e. The molecule has 1 N–H and O–H groups in total. The first-order chi connectivity index (χ1) is 8.29. The van der Waals surface area contributed by atoms with Gasteiger partial charge >= 0.3 is 0 Å². The van der Waals surface area contributed by atoms with Crippen LogP contribution in [0.15, 0.2) is 0 Å². The van der Waals surface area contributed by atoms with Crippen LogP contribution in [0.1, 0.15) is 39.5 Å². The molecule has 0 spiro atoms. The van der Waals surface area contributed by atoms with Crippen LogP contribution in [0.2, 0.25) is 0 Å². The molecule has 0 amide bonds. The standard InChI is InChI=1S/C14H28N2S/c1-3-12(2)14-11-16(8-5-7-15-14)10-13-6-4-9-17-13/h12-15H,3-11H2,1-2H3. The lowest BCUT2D eigenvalue weighted by Crippen LogP contribution is -2.43. The summed E-state index contributed by atoms with van der Waals surface area (Å²) in [4.78, 5) is 2.72. The van der Waals surface area contributed by atoms with Crippen LogP contribution in [-0.4, -0.2) is 48.1 Å². The highest BCUT2D eigenvalue weighted by atomic mass is 32.2. The SMILES string of the molecule is CCC(C)C1CN(CC2CCCS2)CCCN1. The van der Waals surface area contributed by atoms with E-state index in [1.54, 1.807) is 0 Å². The summed E-state index contributed by atoms with van der Waals surface area (Å²) in [6.45, 7) is 9.82. The predicted molar refractivity (Wildman–Crippen MR) is 77.8 cm³/mol. The van der Waals surface area contributed by atoms with Crippen LogP contribution < -0.4 is 5.32 Å². The van der Waals surface area contributed by atoms with E-state index < -0.39 is 0 Å². The third kappa shape index (κ3) is 4.15. The zero-order valence-electron chi connectivity index (χ0n) is 11.5. The van der Waals surface area contributed by atoms with Gasteiger partial charge < -0.3 is 10.2 Å². The summed E-state index contributed by atoms with van der Waals surface area (Å²) in [5.74, 6) is 2.21. The Labute approximate surface area is 111 Å². The first-order valence-electron chi connectivity index (χ1n) is 7.37. The molecule has 2 rings (SSSR count). The van der Waals surface area contributed by atoms with E-state index in [0.29, 0.717) is 6.04 Å². The molecule has 100 valence electrons. The monoisotopic (exact) mass is 256 g/mol. The molecule has 17 heavy (non-hydrogen) atoms. The zero-order chi connectivity index (χ0) is 12.1. The molecule has 0 radical (unpaired) electrons. The number of rotatable bonds is 4. The average Bonchev–Trinajstić information content (AvgIpc) is 2.73. The van der Waals surface area contributed by atoms with Crippen molar-refractivity contribution in [2.45, 2.75) is 50.8 Å². The van der Waals surface area contributed by atoms with Gasteiger partial charge in [0.2, 0.25) is 0 Å². The zero-order valence-corrected chi connectivity index (χ0v) is 12.3. The van der Waals surface area contributed by atoms with E-state index in [1.165, 1.54) is 57.6 Å². The third-order valence-electron chi connectivity index (χ3n) is 4.33. The minimum atomic E-state index is 0.717. The van der Waals surface area contributed by atoms with Crippen LogP contribution in [0, 0.1) is 5.92 Å². The fourth-order valence-corrected chi connectivity index (χ4v) is 4.25. The summed E-state index contributed by atoms with van der Waals surface area (Å²) in [5.41, 5.74) is 0. The first-order valence-corrected chi connectivity index (χ1v) is 8.41. The number of hydrogen-bond acceptors (Lipinski definition) is 3. The van der Waals surface area contributed by atoms with Gasteiger partial charge in [-0.25, -0.2) is 0 Å². The maximum Gasteiger partial charge on any atom is 0.0220 e. The highest BCUT2D eigenvalue weighted by Crippen LogP contribution is 2.27. The number of thioether (sulfide) groups is 1. The molecule has 0 aromatic rings. The van der Waals surface area contributed by atoms with Crippen molar-refractivity contribution in [2.75, 3.05) is 31.9 Å². The van der Waals surface area contributed by atoms with Gasteiger partial charge in [0, 0.05) is 24.4 Å². The van der Waals surface area contributed by atoms with Crippen molar-refractivity contribution in [1.29, 1.82) is 0 Å². The summed E-state index contributed by atoms with van der Waals surface area (Å²) >= 11 is 2.20. The first kappa shape index (κ1) is 13.7. The van der Waals surface area contributed by atoms with Gasteiger partial charge in [0.25, 0.3) is 0 Å². The molecule has 2 aliphatic rings. The summed E-state index contributed by atoms with van der Waals surface area (Å²) in [6, 6.07) is 0.717. The Kier molecular flexibility index (Phi) is 5.64. The Morgan fingerprint density at radius 3 is 3.00 bits per heavy atom. The molecular weight excluding hydrogens is 228 g/mol. The van der Waals surface area contributed by atoms with Crippen molar-refractivity contribution in [3.05, 3.63) is 0 Å². The molecule has 0 bridgehead atoms. The van der Waals surface area contributed by atoms with E-state index in [1.807, 2.05) is 0 Å². The highest BCUT2D eigenvalue weighted by Gasteiger charge is 2.24. The Balaban J connectivity index is 1.83. The maximum atomic E-state index is 3.74. The van der Waals surface area contributed by atoms with Crippen LogP contribution in [0.25, 0.3) is 0 Å². The topological polar surface area (TPSA) is 15.3 Å². The fourth-order valence-electron chi connectivity index (χ4n) is 2.93. The molecule has 0 saturated carbocycles. The van der Waals surface area contributed by atoms with Gasteiger partial charge in [-0.15, -0.1) is 0 Å². The van der Waals surface area contributed by atoms with Gasteiger partial charge in [-0.05, 0) is 44.0 Å². The van der Waals surface area contributed by atoms with E-state index in [4.69, 9.17) is 0 Å². The quantitative estimate of drug-likeness (QED) is 0.832. The average molecular weight is 256 g/mol. The smallest absolute Gasteiger partial charge is 0.0220 e. The Bertz CT molecular complexity index is 216. The molecule has 3 atom stereocenters. The molecule has 2 aliphatic heterocycles. The Morgan fingerprint density at radius 1 is 1.41 bits per heavy atom. The van der Waals surface area contributed by atoms with Gasteiger partial charge in [-0.2, -0.15) is 11.8 Å². The molecule has 2 heterocycles. The lowest BCUT2D eigenvalue weighted by molar-refractivity contribution is 0.238. The van der Waals surface area contributed by atoms with Crippen molar-refractivity contribution >= 4 is 11.8 Å². The summed E-state index contributed by atoms with van der Waals surface area (Å²) in [7, 11) is 0. The second-order valence-electron chi connectivity index (χ2n) is 5.69. The Hall–Kier alpha value is 0.270. The minimum absolute atomic E-state index is 0.717. The van der Waals surface area contributed by atoms with E-state index in [-0.39, 0.29) is 0 Å². The van der Waals surface area contributed by atoms with Crippen molar-refractivity contribution in [3.8, 4) is 0 Å². The molecular formula is C14H28N2S. The molecule has 2 nitrogen and oxygen atoms in total. The third-order valence-corrected chi connectivity index (χ3v) is 5.71. The normalized spacial score (nSPS) is 33.5. The second-order valence-corrected chi connectivity index (χ2v) is 7.10. The van der Waals surface area contributed by atoms with Crippen molar-refractivity contribution in [1.82, 2.24) is 10.2 Å². The highest BCUT2D eigenvalue weighted by molar-refractivity contribution is 8.00. The van der Waals surface area contributed by atoms with Crippen LogP contribution in [0.5, 0.6) is 0 Å². The molecule has 3 unspecified atom stereocenters.